The molecular formula is C12H15N5OS. The van der Waals surface area contributed by atoms with E-state index >= 15 is 0 Å². The Kier molecular flexibility index (Phi) is 4.08. The Hall–Kier alpha value is -1.99. The van der Waals surface area contributed by atoms with E-state index in [9.17, 15) is 4.79 Å². The average molecular weight is 277 g/mol. The predicted molar refractivity (Wildman–Crippen MR) is 76.3 cm³/mol. The molecule has 2 amide bonds. The molecule has 0 radical (unpaired) electrons. The van der Waals surface area contributed by atoms with E-state index < -0.39 is 0 Å². The fourth-order valence-electron chi connectivity index (χ4n) is 1.51. The number of carbonyl (C=O) groups excluding carboxylic acids is 1. The molecular weight excluding hydrogens is 262 g/mol. The van der Waals surface area contributed by atoms with Crippen LogP contribution in [0.25, 0.3) is 0 Å². The third kappa shape index (κ3) is 3.73. The first-order valence-corrected chi connectivity index (χ1v) is 6.60. The molecule has 0 saturated carbocycles. The molecule has 0 saturated heterocycles. The monoisotopic (exact) mass is 277 g/mol. The number of nitrogens with two attached hydrogens (primary N) is 1. The maximum Gasteiger partial charge on any atom is 0.325 e. The normalized spacial score (nSPS) is 11.9. The fraction of sp³-hybridized carbons (Fsp3) is 0.250. The zero-order valence-corrected chi connectivity index (χ0v) is 11.5. The lowest BCUT2D eigenvalue weighted by Crippen LogP contribution is -2.19. The van der Waals surface area contributed by atoms with E-state index in [2.05, 4.69) is 20.8 Å². The van der Waals surface area contributed by atoms with Crippen molar-refractivity contribution in [3.63, 3.8) is 0 Å². The zero-order valence-electron chi connectivity index (χ0n) is 10.7. The van der Waals surface area contributed by atoms with E-state index in [1.807, 2.05) is 32.0 Å². The highest BCUT2D eigenvalue weighted by molar-refractivity contribution is 7.15. The third-order valence-electron chi connectivity index (χ3n) is 2.42. The molecule has 19 heavy (non-hydrogen) atoms. The van der Waals surface area contributed by atoms with Crippen LogP contribution in [0, 0.1) is 6.92 Å². The molecule has 7 heteroatoms. The molecule has 100 valence electrons. The van der Waals surface area contributed by atoms with Crippen LogP contribution >= 0.6 is 11.3 Å². The number of amides is 2. The van der Waals surface area contributed by atoms with Gasteiger partial charge in [-0.3, -0.25) is 5.32 Å². The summed E-state index contributed by atoms with van der Waals surface area (Å²) in [5.74, 6) is 0. The summed E-state index contributed by atoms with van der Waals surface area (Å²) in [4.78, 5) is 11.8. The van der Waals surface area contributed by atoms with Gasteiger partial charge in [-0.25, -0.2) is 4.79 Å². The first kappa shape index (κ1) is 13.4. The first-order valence-electron chi connectivity index (χ1n) is 5.78. The topological polar surface area (TPSA) is 92.9 Å². The molecule has 0 aliphatic rings. The number of nitrogens with one attached hydrogen (secondary N) is 2. The second-order valence-corrected chi connectivity index (χ2v) is 5.30. The van der Waals surface area contributed by atoms with Crippen molar-refractivity contribution in [2.45, 2.75) is 19.9 Å². The number of anilines is 2. The van der Waals surface area contributed by atoms with Crippen molar-refractivity contribution in [1.29, 1.82) is 0 Å². The molecule has 0 bridgehead atoms. The maximum absolute atomic E-state index is 11.8. The van der Waals surface area contributed by atoms with Crippen LogP contribution < -0.4 is 16.4 Å². The van der Waals surface area contributed by atoms with Crippen LogP contribution in [-0.4, -0.2) is 16.2 Å². The van der Waals surface area contributed by atoms with Crippen molar-refractivity contribution in [3.8, 4) is 0 Å². The van der Waals surface area contributed by atoms with Crippen LogP contribution in [0.5, 0.6) is 0 Å². The van der Waals surface area contributed by atoms with Gasteiger partial charge in [0.1, 0.15) is 5.01 Å². The van der Waals surface area contributed by atoms with Crippen LogP contribution in [0.4, 0.5) is 15.6 Å². The molecule has 4 N–H and O–H groups in total. The lowest BCUT2D eigenvalue weighted by atomic mass is 10.1. The van der Waals surface area contributed by atoms with E-state index in [1.165, 1.54) is 11.3 Å². The van der Waals surface area contributed by atoms with Crippen LogP contribution in [0.2, 0.25) is 0 Å². The fourth-order valence-corrected chi connectivity index (χ4v) is 2.09. The van der Waals surface area contributed by atoms with Gasteiger partial charge in [-0.2, -0.15) is 0 Å². The van der Waals surface area contributed by atoms with Crippen LogP contribution in [0.15, 0.2) is 24.3 Å². The molecule has 0 fully saturated rings. The highest BCUT2D eigenvalue weighted by atomic mass is 32.1. The molecule has 1 unspecified atom stereocenters. The number of urea groups is 1. The van der Waals surface area contributed by atoms with Crippen molar-refractivity contribution >= 4 is 28.2 Å². The Morgan fingerprint density at radius 3 is 2.79 bits per heavy atom. The number of aromatic nitrogens is 2. The van der Waals surface area contributed by atoms with Gasteiger partial charge in [-0.05, 0) is 31.5 Å². The van der Waals surface area contributed by atoms with E-state index in [-0.39, 0.29) is 12.1 Å². The number of carbonyl (C=O) groups is 1. The van der Waals surface area contributed by atoms with Gasteiger partial charge in [0, 0.05) is 11.7 Å². The number of hydrogen-bond donors (Lipinski definition) is 3. The number of benzene rings is 1. The van der Waals surface area contributed by atoms with Gasteiger partial charge in [0.25, 0.3) is 0 Å². The van der Waals surface area contributed by atoms with Crippen molar-refractivity contribution < 1.29 is 4.79 Å². The van der Waals surface area contributed by atoms with Crippen LogP contribution in [-0.2, 0) is 0 Å². The Bertz CT molecular complexity index is 581. The molecule has 0 aliphatic carbocycles. The second-order valence-electron chi connectivity index (χ2n) is 4.12. The number of hydrogen-bond acceptors (Lipinski definition) is 5. The summed E-state index contributed by atoms with van der Waals surface area (Å²) in [5.41, 5.74) is 7.45. The van der Waals surface area contributed by atoms with Gasteiger partial charge < -0.3 is 11.1 Å². The summed E-state index contributed by atoms with van der Waals surface area (Å²) in [7, 11) is 0. The Labute approximate surface area is 115 Å². The summed E-state index contributed by atoms with van der Waals surface area (Å²) in [6.07, 6.45) is 0. The SMILES string of the molecule is Cc1nnc(NC(=O)Nc2cccc(C(C)N)c2)s1. The molecule has 1 heterocycles. The van der Waals surface area contributed by atoms with Gasteiger partial charge in [0.15, 0.2) is 0 Å². The van der Waals surface area contributed by atoms with E-state index in [4.69, 9.17) is 5.73 Å². The minimum atomic E-state index is -0.349. The van der Waals surface area contributed by atoms with E-state index in [0.29, 0.717) is 10.8 Å². The summed E-state index contributed by atoms with van der Waals surface area (Å²) in [6.45, 7) is 3.72. The predicted octanol–water partition coefficient (Wildman–Crippen LogP) is 2.51. The molecule has 2 rings (SSSR count). The van der Waals surface area contributed by atoms with E-state index in [1.54, 1.807) is 6.07 Å². The van der Waals surface area contributed by atoms with Gasteiger partial charge in [-0.1, -0.05) is 23.5 Å². The Morgan fingerprint density at radius 1 is 1.37 bits per heavy atom. The number of nitrogens with zero attached hydrogens (tertiary/aromatic N) is 2. The molecule has 2 aromatic rings. The van der Waals surface area contributed by atoms with Gasteiger partial charge in [0.2, 0.25) is 5.13 Å². The molecule has 0 spiro atoms. The summed E-state index contributed by atoms with van der Waals surface area (Å²) >= 11 is 1.32. The summed E-state index contributed by atoms with van der Waals surface area (Å²) < 4.78 is 0. The van der Waals surface area contributed by atoms with Crippen molar-refractivity contribution in [2.24, 2.45) is 5.73 Å². The quantitative estimate of drug-likeness (QED) is 0.803. The molecule has 1 atom stereocenters. The molecule has 1 aromatic heterocycles. The van der Waals surface area contributed by atoms with E-state index in [0.717, 1.165) is 10.6 Å². The van der Waals surface area contributed by atoms with Gasteiger partial charge in [-0.15, -0.1) is 10.2 Å². The van der Waals surface area contributed by atoms with Crippen molar-refractivity contribution in [3.05, 3.63) is 34.8 Å². The Morgan fingerprint density at radius 2 is 2.16 bits per heavy atom. The lowest BCUT2D eigenvalue weighted by molar-refractivity contribution is 0.262. The summed E-state index contributed by atoms with van der Waals surface area (Å²) in [5, 5.41) is 14.3. The number of aryl methyl sites for hydroxylation is 1. The van der Waals surface area contributed by atoms with Crippen molar-refractivity contribution in [1.82, 2.24) is 10.2 Å². The third-order valence-corrected chi connectivity index (χ3v) is 3.17. The maximum atomic E-state index is 11.8. The van der Waals surface area contributed by atoms with Gasteiger partial charge in [0.05, 0.1) is 0 Å². The molecule has 1 aromatic carbocycles. The zero-order chi connectivity index (χ0) is 13.8. The van der Waals surface area contributed by atoms with Crippen LogP contribution in [0.1, 0.15) is 23.5 Å². The molecule has 6 nitrogen and oxygen atoms in total. The highest BCUT2D eigenvalue weighted by Crippen LogP contribution is 2.17. The minimum Gasteiger partial charge on any atom is -0.324 e. The standard InChI is InChI=1S/C12H15N5OS/c1-7(13)9-4-3-5-10(6-9)14-11(18)15-12-17-16-8(2)19-12/h3-7H,13H2,1-2H3,(H2,14,15,17,18). The first-order chi connectivity index (χ1) is 9.04. The van der Waals surface area contributed by atoms with Gasteiger partial charge >= 0.3 is 6.03 Å². The Balaban J connectivity index is 2.00. The smallest absolute Gasteiger partial charge is 0.324 e. The average Bonchev–Trinajstić information content (AvgIpc) is 2.74. The minimum absolute atomic E-state index is 0.0735. The second kappa shape index (κ2) is 5.77. The molecule has 0 aliphatic heterocycles. The lowest BCUT2D eigenvalue weighted by Gasteiger charge is -2.09. The summed E-state index contributed by atoms with van der Waals surface area (Å²) in [6, 6.07) is 6.99. The number of rotatable bonds is 3. The largest absolute Gasteiger partial charge is 0.325 e. The van der Waals surface area contributed by atoms with Crippen LogP contribution in [0.3, 0.4) is 0 Å². The highest BCUT2D eigenvalue weighted by Gasteiger charge is 2.07. The van der Waals surface area contributed by atoms with Crippen molar-refractivity contribution in [2.75, 3.05) is 10.6 Å².